The third kappa shape index (κ3) is 5.50. The van der Waals surface area contributed by atoms with Crippen molar-refractivity contribution in [3.63, 3.8) is 0 Å². The van der Waals surface area contributed by atoms with Crippen LogP contribution in [0.4, 0.5) is 5.13 Å². The molecule has 0 spiro atoms. The fourth-order valence-electron chi connectivity index (χ4n) is 2.66. The van der Waals surface area contributed by atoms with Crippen LogP contribution in [0.3, 0.4) is 0 Å². The number of sulfone groups is 1. The van der Waals surface area contributed by atoms with Gasteiger partial charge in [-0.1, -0.05) is 41.7 Å². The van der Waals surface area contributed by atoms with Gasteiger partial charge < -0.3 is 4.90 Å². The lowest BCUT2D eigenvalue weighted by molar-refractivity contribution is -0.114. The van der Waals surface area contributed by atoms with E-state index in [4.69, 9.17) is 0 Å². The van der Waals surface area contributed by atoms with E-state index in [9.17, 15) is 13.2 Å². The van der Waals surface area contributed by atoms with Gasteiger partial charge in [-0.3, -0.25) is 9.69 Å². The van der Waals surface area contributed by atoms with Gasteiger partial charge in [0.1, 0.15) is 0 Å². The van der Waals surface area contributed by atoms with Gasteiger partial charge in [0.05, 0.1) is 15.1 Å². The van der Waals surface area contributed by atoms with Crippen molar-refractivity contribution in [2.45, 2.75) is 4.90 Å². The van der Waals surface area contributed by atoms with Crippen LogP contribution >= 0.6 is 11.3 Å². The minimum absolute atomic E-state index is 0.168. The van der Waals surface area contributed by atoms with Crippen LogP contribution in [-0.2, 0) is 14.6 Å². The molecule has 6 nitrogen and oxygen atoms in total. The number of carbonyl (C=O) groups is 1. The van der Waals surface area contributed by atoms with Crippen molar-refractivity contribution in [3.05, 3.63) is 60.2 Å². The summed E-state index contributed by atoms with van der Waals surface area (Å²) in [5.74, 6) is -0.168. The number of benzene rings is 2. The second-order valence-electron chi connectivity index (χ2n) is 6.94. The Morgan fingerprint density at radius 1 is 1.10 bits per heavy atom. The molecule has 1 aromatic heterocycles. The SMILES string of the molecule is CN(C)CCN(C(=O)C=Cc1ccccc1)c1nc2ccc(S(C)(=O)=O)cc2s1. The molecule has 0 aliphatic carbocycles. The first kappa shape index (κ1) is 21.2. The first-order valence-corrected chi connectivity index (χ1v) is 11.7. The average Bonchev–Trinajstić information content (AvgIpc) is 3.09. The zero-order chi connectivity index (χ0) is 21.0. The molecule has 0 aliphatic rings. The third-order valence-corrected chi connectivity index (χ3v) is 6.41. The predicted molar refractivity (Wildman–Crippen MR) is 119 cm³/mol. The second-order valence-corrected chi connectivity index (χ2v) is 9.96. The summed E-state index contributed by atoms with van der Waals surface area (Å²) in [7, 11) is 0.585. The maximum Gasteiger partial charge on any atom is 0.252 e. The number of fused-ring (bicyclic) bond motifs is 1. The van der Waals surface area contributed by atoms with E-state index < -0.39 is 9.84 Å². The molecule has 152 valence electrons. The molecule has 8 heteroatoms. The van der Waals surface area contributed by atoms with Crippen molar-refractivity contribution < 1.29 is 13.2 Å². The van der Waals surface area contributed by atoms with Gasteiger partial charge in [0, 0.05) is 25.4 Å². The van der Waals surface area contributed by atoms with Crippen LogP contribution < -0.4 is 4.90 Å². The number of hydrogen-bond acceptors (Lipinski definition) is 6. The zero-order valence-electron chi connectivity index (χ0n) is 16.6. The molecule has 0 saturated carbocycles. The summed E-state index contributed by atoms with van der Waals surface area (Å²) in [4.78, 5) is 21.4. The van der Waals surface area contributed by atoms with Crippen LogP contribution in [0.5, 0.6) is 0 Å². The van der Waals surface area contributed by atoms with Crippen molar-refractivity contribution >= 4 is 48.5 Å². The lowest BCUT2D eigenvalue weighted by Gasteiger charge is -2.20. The molecule has 2 aromatic carbocycles. The highest BCUT2D eigenvalue weighted by atomic mass is 32.2. The number of amides is 1. The number of nitrogens with zero attached hydrogens (tertiary/aromatic N) is 3. The first-order valence-electron chi connectivity index (χ1n) is 9.04. The fraction of sp³-hybridized carbons (Fsp3) is 0.238. The summed E-state index contributed by atoms with van der Waals surface area (Å²) >= 11 is 1.31. The lowest BCUT2D eigenvalue weighted by Crippen LogP contribution is -2.35. The summed E-state index contributed by atoms with van der Waals surface area (Å²) in [6, 6.07) is 14.5. The summed E-state index contributed by atoms with van der Waals surface area (Å²) in [5, 5.41) is 0.551. The summed E-state index contributed by atoms with van der Waals surface area (Å²) < 4.78 is 24.4. The molecule has 0 fully saturated rings. The largest absolute Gasteiger partial charge is 0.308 e. The van der Waals surface area contributed by atoms with E-state index in [2.05, 4.69) is 4.98 Å². The summed E-state index contributed by atoms with van der Waals surface area (Å²) in [6.45, 7) is 1.15. The number of rotatable bonds is 7. The predicted octanol–water partition coefficient (Wildman–Crippen LogP) is 3.31. The minimum Gasteiger partial charge on any atom is -0.308 e. The smallest absolute Gasteiger partial charge is 0.252 e. The molecule has 1 amide bonds. The molecular formula is C21H23N3O3S2. The molecule has 0 N–H and O–H groups in total. The van der Waals surface area contributed by atoms with Crippen LogP contribution in [0.15, 0.2) is 59.5 Å². The van der Waals surface area contributed by atoms with Gasteiger partial charge in [-0.05, 0) is 43.9 Å². The van der Waals surface area contributed by atoms with E-state index in [1.807, 2.05) is 49.3 Å². The van der Waals surface area contributed by atoms with E-state index in [0.29, 0.717) is 23.7 Å². The maximum atomic E-state index is 12.9. The highest BCUT2D eigenvalue weighted by molar-refractivity contribution is 7.90. The second kappa shape index (κ2) is 8.86. The Labute approximate surface area is 175 Å². The van der Waals surface area contributed by atoms with E-state index >= 15 is 0 Å². The Morgan fingerprint density at radius 2 is 1.83 bits per heavy atom. The highest BCUT2D eigenvalue weighted by Crippen LogP contribution is 2.31. The van der Waals surface area contributed by atoms with Crippen molar-refractivity contribution in [1.29, 1.82) is 0 Å². The number of likely N-dealkylation sites (N-methyl/N-ethyl adjacent to an activating group) is 1. The molecular weight excluding hydrogens is 406 g/mol. The molecule has 0 aliphatic heterocycles. The number of thiazole rings is 1. The molecule has 29 heavy (non-hydrogen) atoms. The first-order chi connectivity index (χ1) is 13.7. The van der Waals surface area contributed by atoms with Crippen molar-refractivity contribution in [2.75, 3.05) is 38.3 Å². The molecule has 3 rings (SSSR count). The van der Waals surface area contributed by atoms with E-state index in [0.717, 1.165) is 10.3 Å². The normalized spacial score (nSPS) is 12.1. The average molecular weight is 430 g/mol. The Kier molecular flexibility index (Phi) is 6.46. The van der Waals surface area contributed by atoms with Crippen molar-refractivity contribution in [1.82, 2.24) is 9.88 Å². The Bertz CT molecular complexity index is 1140. The topological polar surface area (TPSA) is 70.6 Å². The van der Waals surface area contributed by atoms with E-state index in [1.54, 1.807) is 35.3 Å². The van der Waals surface area contributed by atoms with Gasteiger partial charge in [-0.2, -0.15) is 0 Å². The lowest BCUT2D eigenvalue weighted by atomic mass is 10.2. The van der Waals surface area contributed by atoms with Crippen molar-refractivity contribution in [3.8, 4) is 0 Å². The summed E-state index contributed by atoms with van der Waals surface area (Å²) in [5.41, 5.74) is 1.61. The molecule has 1 heterocycles. The van der Waals surface area contributed by atoms with Crippen LogP contribution in [0.25, 0.3) is 16.3 Å². The number of hydrogen-bond donors (Lipinski definition) is 0. The standard InChI is InChI=1S/C21H23N3O3S2/c1-23(2)13-14-24(20(25)12-9-16-7-5-4-6-8-16)21-22-18-11-10-17(29(3,26)27)15-19(18)28-21/h4-12,15H,13-14H2,1-3H3. The van der Waals surface area contributed by atoms with Gasteiger partial charge in [-0.25, -0.2) is 13.4 Å². The van der Waals surface area contributed by atoms with Gasteiger partial charge in [0.2, 0.25) is 0 Å². The monoisotopic (exact) mass is 429 g/mol. The molecule has 0 saturated heterocycles. The van der Waals surface area contributed by atoms with Gasteiger partial charge in [-0.15, -0.1) is 0 Å². The third-order valence-electron chi connectivity index (χ3n) is 4.26. The van der Waals surface area contributed by atoms with E-state index in [1.165, 1.54) is 17.6 Å². The minimum atomic E-state index is -3.30. The molecule has 0 radical (unpaired) electrons. The molecule has 3 aromatic rings. The maximum absolute atomic E-state index is 12.9. The number of carbonyl (C=O) groups excluding carboxylic acids is 1. The van der Waals surface area contributed by atoms with Crippen LogP contribution in [0, 0.1) is 0 Å². The van der Waals surface area contributed by atoms with Crippen LogP contribution in [-0.4, -0.2) is 57.6 Å². The van der Waals surface area contributed by atoms with Gasteiger partial charge >= 0.3 is 0 Å². The van der Waals surface area contributed by atoms with Gasteiger partial charge in [0.25, 0.3) is 5.91 Å². The molecule has 0 atom stereocenters. The highest BCUT2D eigenvalue weighted by Gasteiger charge is 2.19. The Morgan fingerprint density at radius 3 is 2.48 bits per heavy atom. The van der Waals surface area contributed by atoms with Crippen LogP contribution in [0.2, 0.25) is 0 Å². The Balaban J connectivity index is 1.93. The fourth-order valence-corrected chi connectivity index (χ4v) is 4.42. The Hall–Kier alpha value is -2.55. The van der Waals surface area contributed by atoms with Crippen LogP contribution in [0.1, 0.15) is 5.56 Å². The molecule has 0 unspecified atom stereocenters. The molecule has 0 bridgehead atoms. The quantitative estimate of drug-likeness (QED) is 0.539. The van der Waals surface area contributed by atoms with Gasteiger partial charge in [0.15, 0.2) is 15.0 Å². The zero-order valence-corrected chi connectivity index (χ0v) is 18.2. The van der Waals surface area contributed by atoms with E-state index in [-0.39, 0.29) is 10.8 Å². The number of anilines is 1. The number of aromatic nitrogens is 1. The van der Waals surface area contributed by atoms with Crippen molar-refractivity contribution in [2.24, 2.45) is 0 Å². The summed E-state index contributed by atoms with van der Waals surface area (Å²) in [6.07, 6.45) is 4.50.